The third-order valence-corrected chi connectivity index (χ3v) is 5.78. The standard InChI is InChI=1S/C23H21N2/c1-14-17-9-5-6-10-18(17)15(2)22-20(14)23-21-16(12-13-24(23)3)8-7-11-19(21)25(22)4/h5-13H,1-4H3/q+1. The minimum atomic E-state index is 1.29. The van der Waals surface area contributed by atoms with Crippen LogP contribution in [0.25, 0.3) is 32.8 Å². The van der Waals surface area contributed by atoms with E-state index in [-0.39, 0.29) is 0 Å². The van der Waals surface area contributed by atoms with Crippen molar-refractivity contribution in [1.82, 2.24) is 0 Å². The van der Waals surface area contributed by atoms with Crippen LogP contribution >= 0.6 is 0 Å². The largest absolute Gasteiger partial charge is 0.343 e. The molecule has 4 aromatic rings. The van der Waals surface area contributed by atoms with Gasteiger partial charge in [-0.25, -0.2) is 4.57 Å². The van der Waals surface area contributed by atoms with E-state index in [0.29, 0.717) is 0 Å². The lowest BCUT2D eigenvalue weighted by Crippen LogP contribution is -2.33. The van der Waals surface area contributed by atoms with Crippen LogP contribution in [0.2, 0.25) is 0 Å². The third kappa shape index (κ3) is 1.72. The summed E-state index contributed by atoms with van der Waals surface area (Å²) in [6, 6.07) is 17.6. The van der Waals surface area contributed by atoms with Crippen molar-refractivity contribution in [1.29, 1.82) is 0 Å². The number of aryl methyl sites for hydroxylation is 3. The monoisotopic (exact) mass is 325 g/mol. The number of hydrogen-bond donors (Lipinski definition) is 0. The van der Waals surface area contributed by atoms with Gasteiger partial charge in [0.2, 0.25) is 5.69 Å². The fourth-order valence-corrected chi connectivity index (χ4v) is 4.57. The zero-order valence-electron chi connectivity index (χ0n) is 15.1. The molecule has 3 aromatic carbocycles. The summed E-state index contributed by atoms with van der Waals surface area (Å²) in [6.45, 7) is 4.52. The van der Waals surface area contributed by atoms with Crippen LogP contribution in [-0.4, -0.2) is 7.05 Å². The molecular formula is C23H21N2+. The molecular weight excluding hydrogens is 304 g/mol. The Balaban J connectivity index is 2.09. The summed E-state index contributed by atoms with van der Waals surface area (Å²) in [5.74, 6) is 0. The summed E-state index contributed by atoms with van der Waals surface area (Å²) >= 11 is 0. The number of benzene rings is 3. The Morgan fingerprint density at radius 3 is 2.32 bits per heavy atom. The summed E-state index contributed by atoms with van der Waals surface area (Å²) in [4.78, 5) is 2.37. The molecule has 0 aliphatic carbocycles. The van der Waals surface area contributed by atoms with Crippen molar-refractivity contribution in [3.05, 3.63) is 65.9 Å². The summed E-state index contributed by atoms with van der Waals surface area (Å²) < 4.78 is 2.28. The maximum Gasteiger partial charge on any atom is 0.224 e. The maximum absolute atomic E-state index is 2.37. The van der Waals surface area contributed by atoms with E-state index in [9.17, 15) is 0 Å². The van der Waals surface area contributed by atoms with Gasteiger partial charge in [0, 0.05) is 13.1 Å². The smallest absolute Gasteiger partial charge is 0.224 e. The van der Waals surface area contributed by atoms with Crippen LogP contribution in [0.4, 0.5) is 11.4 Å². The molecule has 5 rings (SSSR count). The molecule has 1 aromatic heterocycles. The van der Waals surface area contributed by atoms with E-state index in [4.69, 9.17) is 0 Å². The van der Waals surface area contributed by atoms with Gasteiger partial charge in [-0.1, -0.05) is 36.4 Å². The number of nitrogens with zero attached hydrogens (tertiary/aromatic N) is 2. The van der Waals surface area contributed by atoms with E-state index in [2.05, 4.69) is 92.1 Å². The predicted molar refractivity (Wildman–Crippen MR) is 106 cm³/mol. The van der Waals surface area contributed by atoms with Crippen LogP contribution in [0, 0.1) is 13.8 Å². The highest BCUT2D eigenvalue weighted by Crippen LogP contribution is 2.50. The van der Waals surface area contributed by atoms with Gasteiger partial charge in [0.25, 0.3) is 0 Å². The van der Waals surface area contributed by atoms with Crippen LogP contribution in [0.5, 0.6) is 0 Å². The molecule has 2 heteroatoms. The van der Waals surface area contributed by atoms with Gasteiger partial charge in [0.15, 0.2) is 6.20 Å². The molecule has 0 saturated carbocycles. The second-order valence-electron chi connectivity index (χ2n) is 7.09. The molecule has 0 unspecified atom stereocenters. The first-order chi connectivity index (χ1) is 12.1. The van der Waals surface area contributed by atoms with Crippen LogP contribution in [0.15, 0.2) is 54.7 Å². The number of rotatable bonds is 0. The SMILES string of the molecule is Cc1c2c(c(C)c3ccccc13)N(C)c1cccc3cc[n+](C)c-2c13. The van der Waals surface area contributed by atoms with Gasteiger partial charge in [0.05, 0.1) is 22.3 Å². The van der Waals surface area contributed by atoms with Gasteiger partial charge in [-0.05, 0) is 47.2 Å². The van der Waals surface area contributed by atoms with E-state index in [1.165, 1.54) is 55.3 Å². The molecule has 0 atom stereocenters. The van der Waals surface area contributed by atoms with Crippen molar-refractivity contribution >= 4 is 32.9 Å². The predicted octanol–water partition coefficient (Wildman–Crippen LogP) is 5.18. The number of anilines is 2. The van der Waals surface area contributed by atoms with Gasteiger partial charge in [-0.3, -0.25) is 0 Å². The fraction of sp³-hybridized carbons (Fsp3) is 0.174. The Kier molecular flexibility index (Phi) is 2.79. The topological polar surface area (TPSA) is 7.12 Å². The van der Waals surface area contributed by atoms with Gasteiger partial charge in [-0.15, -0.1) is 0 Å². The molecule has 0 fully saturated rings. The summed E-state index contributed by atoms with van der Waals surface area (Å²) in [7, 11) is 4.36. The van der Waals surface area contributed by atoms with E-state index in [1.807, 2.05) is 0 Å². The van der Waals surface area contributed by atoms with Gasteiger partial charge < -0.3 is 4.90 Å². The van der Waals surface area contributed by atoms with Crippen LogP contribution < -0.4 is 9.47 Å². The highest BCUT2D eigenvalue weighted by molar-refractivity contribution is 6.13. The molecule has 122 valence electrons. The van der Waals surface area contributed by atoms with Crippen molar-refractivity contribution in [2.75, 3.05) is 11.9 Å². The van der Waals surface area contributed by atoms with Crippen LogP contribution in [0.1, 0.15) is 11.1 Å². The lowest BCUT2D eigenvalue weighted by molar-refractivity contribution is -0.659. The molecule has 0 amide bonds. The van der Waals surface area contributed by atoms with Crippen LogP contribution in [-0.2, 0) is 7.05 Å². The lowest BCUT2D eigenvalue weighted by atomic mass is 9.86. The fourth-order valence-electron chi connectivity index (χ4n) is 4.57. The second kappa shape index (κ2) is 4.82. The molecule has 2 heterocycles. The zero-order chi connectivity index (χ0) is 17.3. The Labute approximate surface area is 147 Å². The first kappa shape index (κ1) is 14.5. The van der Waals surface area contributed by atoms with Crippen molar-refractivity contribution in [2.45, 2.75) is 13.8 Å². The molecule has 0 N–H and O–H groups in total. The van der Waals surface area contributed by atoms with Crippen molar-refractivity contribution in [3.8, 4) is 11.3 Å². The molecule has 1 aliphatic heterocycles. The van der Waals surface area contributed by atoms with Crippen LogP contribution in [0.3, 0.4) is 0 Å². The highest BCUT2D eigenvalue weighted by atomic mass is 15.1. The molecule has 0 spiro atoms. The molecule has 1 aliphatic rings. The molecule has 25 heavy (non-hydrogen) atoms. The molecule has 0 radical (unpaired) electrons. The number of hydrogen-bond acceptors (Lipinski definition) is 1. The average molecular weight is 325 g/mol. The second-order valence-corrected chi connectivity index (χ2v) is 7.09. The van der Waals surface area contributed by atoms with Crippen molar-refractivity contribution < 1.29 is 4.57 Å². The Hall–Kier alpha value is -2.87. The minimum absolute atomic E-state index is 1.29. The lowest BCUT2D eigenvalue weighted by Gasteiger charge is -2.31. The van der Waals surface area contributed by atoms with E-state index in [1.54, 1.807) is 0 Å². The van der Waals surface area contributed by atoms with Gasteiger partial charge >= 0.3 is 0 Å². The first-order valence-electron chi connectivity index (χ1n) is 8.77. The van der Waals surface area contributed by atoms with E-state index in [0.717, 1.165) is 0 Å². The van der Waals surface area contributed by atoms with Crippen molar-refractivity contribution in [3.63, 3.8) is 0 Å². The van der Waals surface area contributed by atoms with Crippen molar-refractivity contribution in [2.24, 2.45) is 7.05 Å². The minimum Gasteiger partial charge on any atom is -0.343 e. The molecule has 2 nitrogen and oxygen atoms in total. The van der Waals surface area contributed by atoms with E-state index >= 15 is 0 Å². The van der Waals surface area contributed by atoms with Gasteiger partial charge in [0.1, 0.15) is 7.05 Å². The number of pyridine rings is 1. The molecule has 0 bridgehead atoms. The zero-order valence-corrected chi connectivity index (χ0v) is 15.1. The van der Waals surface area contributed by atoms with E-state index < -0.39 is 0 Å². The summed E-state index contributed by atoms with van der Waals surface area (Å²) in [5.41, 5.74) is 8.02. The summed E-state index contributed by atoms with van der Waals surface area (Å²) in [6.07, 6.45) is 2.18. The Morgan fingerprint density at radius 2 is 1.56 bits per heavy atom. The Bertz CT molecular complexity index is 1190. The molecule has 0 saturated heterocycles. The Morgan fingerprint density at radius 1 is 0.840 bits per heavy atom. The van der Waals surface area contributed by atoms with Gasteiger partial charge in [-0.2, -0.15) is 0 Å². The normalized spacial score (nSPS) is 12.7. The number of fused-ring (bicyclic) bond motifs is 3. The number of aromatic nitrogens is 1. The quantitative estimate of drug-likeness (QED) is 0.404. The third-order valence-electron chi connectivity index (χ3n) is 5.78. The first-order valence-corrected chi connectivity index (χ1v) is 8.77. The summed E-state index contributed by atoms with van der Waals surface area (Å²) in [5, 5.41) is 5.34. The highest BCUT2D eigenvalue weighted by Gasteiger charge is 2.32. The average Bonchev–Trinajstić information content (AvgIpc) is 2.64. The maximum atomic E-state index is 2.37.